The topological polar surface area (TPSA) is 188 Å². The highest BCUT2D eigenvalue weighted by molar-refractivity contribution is 5.69. The van der Waals surface area contributed by atoms with Crippen LogP contribution < -0.4 is 0 Å². The predicted molar refractivity (Wildman–Crippen MR) is 96.6 cm³/mol. The Kier molecular flexibility index (Phi) is 9.34. The normalized spacial score (nSPS) is 13.7. The SMILES string of the molecule is CCOC(=O)CCN1CCOCC1.O=[N+]([O-])c1cc([N+](=O)[O-])c(O)c([N+](=O)[O-])c1. The molecule has 1 aliphatic heterocycles. The van der Waals surface area contributed by atoms with Gasteiger partial charge in [-0.1, -0.05) is 0 Å². The Morgan fingerprint density at radius 1 is 1.10 bits per heavy atom. The van der Waals surface area contributed by atoms with Crippen molar-refractivity contribution in [1.82, 2.24) is 4.90 Å². The molecule has 0 unspecified atom stereocenters. The van der Waals surface area contributed by atoms with E-state index in [1.165, 1.54) is 0 Å². The van der Waals surface area contributed by atoms with E-state index in [9.17, 15) is 35.1 Å². The van der Waals surface area contributed by atoms with Gasteiger partial charge in [-0.3, -0.25) is 40.0 Å². The molecule has 0 amide bonds. The van der Waals surface area contributed by atoms with Crippen LogP contribution in [0.2, 0.25) is 0 Å². The summed E-state index contributed by atoms with van der Waals surface area (Å²) in [5, 5.41) is 40.2. The molecule has 0 saturated carbocycles. The maximum absolute atomic E-state index is 11.0. The molecule has 1 aromatic carbocycles. The first kappa shape index (κ1) is 23.6. The zero-order chi connectivity index (χ0) is 22.0. The average Bonchev–Trinajstić information content (AvgIpc) is 2.67. The summed E-state index contributed by atoms with van der Waals surface area (Å²) in [7, 11) is 0. The third-order valence-corrected chi connectivity index (χ3v) is 3.70. The number of rotatable bonds is 7. The van der Waals surface area contributed by atoms with Gasteiger partial charge in [0.25, 0.3) is 11.4 Å². The first-order chi connectivity index (χ1) is 13.7. The van der Waals surface area contributed by atoms with Crippen LogP contribution in [0.5, 0.6) is 5.75 Å². The van der Waals surface area contributed by atoms with Crippen LogP contribution in [-0.2, 0) is 14.3 Å². The van der Waals surface area contributed by atoms with Gasteiger partial charge in [-0.05, 0) is 6.92 Å². The van der Waals surface area contributed by atoms with Crippen LogP contribution >= 0.6 is 0 Å². The summed E-state index contributed by atoms with van der Waals surface area (Å²) in [5.41, 5.74) is -3.00. The van der Waals surface area contributed by atoms with Crippen molar-refractivity contribution in [3.8, 4) is 5.75 Å². The molecule has 0 spiro atoms. The molecule has 0 radical (unpaired) electrons. The Labute approximate surface area is 164 Å². The van der Waals surface area contributed by atoms with Gasteiger partial charge in [-0.2, -0.15) is 0 Å². The fourth-order valence-corrected chi connectivity index (χ4v) is 2.28. The number of nitro groups is 3. The van der Waals surface area contributed by atoms with E-state index in [1.807, 2.05) is 6.92 Å². The lowest BCUT2D eigenvalue weighted by atomic mass is 10.2. The van der Waals surface area contributed by atoms with Gasteiger partial charge in [-0.15, -0.1) is 0 Å². The van der Waals surface area contributed by atoms with Crippen molar-refractivity contribution in [2.75, 3.05) is 39.5 Å². The standard InChI is InChI=1S/C9H17NO3.C6H3N3O7/c1-2-13-9(11)3-4-10-5-7-12-8-6-10;10-6-4(8(13)14)1-3(7(11)12)2-5(6)9(15)16/h2-8H2,1H3;1-2,10H. The number of hydrogen-bond donors (Lipinski definition) is 1. The van der Waals surface area contributed by atoms with Gasteiger partial charge < -0.3 is 14.6 Å². The predicted octanol–water partition coefficient (Wildman–Crippen LogP) is 1.39. The molecule has 1 aliphatic rings. The highest BCUT2D eigenvalue weighted by Crippen LogP contribution is 2.38. The quantitative estimate of drug-likeness (QED) is 0.384. The van der Waals surface area contributed by atoms with E-state index in [-0.39, 0.29) is 5.97 Å². The zero-order valence-corrected chi connectivity index (χ0v) is 15.5. The molecule has 1 heterocycles. The maximum Gasteiger partial charge on any atom is 0.324 e. The van der Waals surface area contributed by atoms with Crippen molar-refractivity contribution >= 4 is 23.0 Å². The third-order valence-electron chi connectivity index (χ3n) is 3.70. The molecule has 14 heteroatoms. The number of ether oxygens (including phenoxy) is 2. The van der Waals surface area contributed by atoms with E-state index in [4.69, 9.17) is 14.6 Å². The van der Waals surface area contributed by atoms with Crippen LogP contribution in [0, 0.1) is 30.3 Å². The molecule has 1 fully saturated rings. The van der Waals surface area contributed by atoms with Crippen LogP contribution in [-0.4, -0.2) is 70.2 Å². The Morgan fingerprint density at radius 3 is 2.03 bits per heavy atom. The number of carbonyl (C=O) groups is 1. The summed E-state index contributed by atoms with van der Waals surface area (Å²) >= 11 is 0. The highest BCUT2D eigenvalue weighted by atomic mass is 16.6. The lowest BCUT2D eigenvalue weighted by Gasteiger charge is -2.25. The first-order valence-corrected chi connectivity index (χ1v) is 8.43. The van der Waals surface area contributed by atoms with Crippen LogP contribution in [0.25, 0.3) is 0 Å². The summed E-state index contributed by atoms with van der Waals surface area (Å²) in [6, 6.07) is 0.894. The van der Waals surface area contributed by atoms with Crippen LogP contribution in [0.3, 0.4) is 0 Å². The minimum atomic E-state index is -1.21. The Balaban J connectivity index is 0.000000296. The first-order valence-electron chi connectivity index (χ1n) is 8.43. The smallest absolute Gasteiger partial charge is 0.324 e. The minimum absolute atomic E-state index is 0.103. The molecule has 0 aliphatic carbocycles. The Morgan fingerprint density at radius 2 is 1.62 bits per heavy atom. The fourth-order valence-electron chi connectivity index (χ4n) is 2.28. The van der Waals surface area contributed by atoms with Crippen molar-refractivity contribution in [3.63, 3.8) is 0 Å². The number of aromatic hydroxyl groups is 1. The summed E-state index contributed by atoms with van der Waals surface area (Å²) in [5.74, 6) is -1.31. The molecule has 0 atom stereocenters. The maximum atomic E-state index is 11.0. The van der Waals surface area contributed by atoms with Crippen molar-refractivity contribution in [3.05, 3.63) is 42.5 Å². The molecular weight excluding hydrogens is 396 g/mol. The van der Waals surface area contributed by atoms with Gasteiger partial charge in [0.2, 0.25) is 0 Å². The summed E-state index contributed by atoms with van der Waals surface area (Å²) < 4.78 is 10.0. The molecule has 1 aromatic rings. The number of non-ortho nitro benzene ring substituents is 1. The van der Waals surface area contributed by atoms with Crippen LogP contribution in [0.15, 0.2) is 12.1 Å². The highest BCUT2D eigenvalue weighted by Gasteiger charge is 2.30. The molecule has 14 nitrogen and oxygen atoms in total. The number of nitro benzene ring substituents is 3. The number of nitrogens with zero attached hydrogens (tertiary/aromatic N) is 4. The number of phenols is 1. The summed E-state index contributed by atoms with van der Waals surface area (Å²) in [6.45, 7) is 6.52. The van der Waals surface area contributed by atoms with Gasteiger partial charge in [0, 0.05) is 19.6 Å². The van der Waals surface area contributed by atoms with E-state index in [0.717, 1.165) is 32.8 Å². The van der Waals surface area contributed by atoms with Crippen LogP contribution in [0.4, 0.5) is 17.1 Å². The third kappa shape index (κ3) is 7.63. The van der Waals surface area contributed by atoms with Gasteiger partial charge >= 0.3 is 17.3 Å². The lowest BCUT2D eigenvalue weighted by Crippen LogP contribution is -2.37. The molecule has 1 saturated heterocycles. The second-order valence-electron chi connectivity index (χ2n) is 5.61. The zero-order valence-electron chi connectivity index (χ0n) is 15.5. The summed E-state index contributed by atoms with van der Waals surface area (Å²) in [6.07, 6.45) is 0.494. The Hall–Kier alpha value is -3.39. The largest absolute Gasteiger partial charge is 0.497 e. The number of hydrogen-bond acceptors (Lipinski definition) is 11. The molecule has 0 bridgehead atoms. The monoisotopic (exact) mass is 416 g/mol. The van der Waals surface area contributed by atoms with E-state index in [0.29, 0.717) is 25.2 Å². The second-order valence-corrected chi connectivity index (χ2v) is 5.61. The number of esters is 1. The van der Waals surface area contributed by atoms with E-state index >= 15 is 0 Å². The van der Waals surface area contributed by atoms with Gasteiger partial charge in [0.1, 0.15) is 0 Å². The van der Waals surface area contributed by atoms with E-state index in [2.05, 4.69) is 4.90 Å². The molecule has 160 valence electrons. The lowest BCUT2D eigenvalue weighted by molar-refractivity contribution is -0.404. The van der Waals surface area contributed by atoms with Gasteiger partial charge in [-0.25, -0.2) is 0 Å². The minimum Gasteiger partial charge on any atom is -0.497 e. The summed E-state index contributed by atoms with van der Waals surface area (Å²) in [4.78, 5) is 41.0. The molecule has 2 rings (SSSR count). The molecule has 1 N–H and O–H groups in total. The van der Waals surface area contributed by atoms with Crippen molar-refractivity contribution in [1.29, 1.82) is 0 Å². The fraction of sp³-hybridized carbons (Fsp3) is 0.533. The Bertz CT molecular complexity index is 728. The average molecular weight is 416 g/mol. The van der Waals surface area contributed by atoms with Crippen molar-refractivity contribution < 1.29 is 34.1 Å². The number of carbonyl (C=O) groups excluding carboxylic acids is 1. The van der Waals surface area contributed by atoms with E-state index in [1.54, 1.807) is 0 Å². The number of phenolic OH excluding ortho intramolecular Hbond substituents is 1. The van der Waals surface area contributed by atoms with Gasteiger partial charge in [0.15, 0.2) is 0 Å². The number of benzene rings is 1. The van der Waals surface area contributed by atoms with Crippen molar-refractivity contribution in [2.45, 2.75) is 13.3 Å². The van der Waals surface area contributed by atoms with Crippen molar-refractivity contribution in [2.24, 2.45) is 0 Å². The second kappa shape index (κ2) is 11.5. The molecule has 29 heavy (non-hydrogen) atoms. The molecular formula is C15H20N4O10. The van der Waals surface area contributed by atoms with E-state index < -0.39 is 37.6 Å². The van der Waals surface area contributed by atoms with Crippen LogP contribution in [0.1, 0.15) is 13.3 Å². The van der Waals surface area contributed by atoms with Gasteiger partial charge in [0.05, 0.1) is 53.1 Å². The number of morpholine rings is 1. The molecule has 0 aromatic heterocycles.